The molecule has 5 nitrogen and oxygen atoms in total. The van der Waals surface area contributed by atoms with Crippen LogP contribution in [0.25, 0.3) is 0 Å². The Morgan fingerprint density at radius 1 is 1.33 bits per heavy atom. The van der Waals surface area contributed by atoms with Crippen molar-refractivity contribution in [3.05, 3.63) is 49.7 Å². The monoisotopic (exact) mass is 306 g/mol. The quantitative estimate of drug-likeness (QED) is 0.654. The van der Waals surface area contributed by atoms with E-state index in [4.69, 9.17) is 4.74 Å². The molecule has 1 N–H and O–H groups in total. The van der Waals surface area contributed by atoms with E-state index < -0.39 is 4.92 Å². The Labute approximate surface area is 127 Å². The highest BCUT2D eigenvalue weighted by Gasteiger charge is 2.15. The van der Waals surface area contributed by atoms with E-state index in [2.05, 4.69) is 32.2 Å². The number of methoxy groups -OCH3 is 1. The first-order chi connectivity index (χ1) is 9.92. The number of aryl methyl sites for hydroxylation is 2. The zero-order valence-corrected chi connectivity index (χ0v) is 13.3. The van der Waals surface area contributed by atoms with Gasteiger partial charge in [0.25, 0.3) is 5.69 Å². The molecule has 6 heteroatoms. The highest BCUT2D eigenvalue weighted by Crippen LogP contribution is 2.34. The minimum atomic E-state index is -0.428. The maximum atomic E-state index is 10.8. The number of nitrogens with one attached hydrogen (secondary N) is 1. The number of nitrogens with zero attached hydrogens (tertiary/aromatic N) is 1. The third-order valence-electron chi connectivity index (χ3n) is 3.31. The Hall–Kier alpha value is -2.08. The predicted molar refractivity (Wildman–Crippen MR) is 85.5 cm³/mol. The van der Waals surface area contributed by atoms with Gasteiger partial charge in [-0.3, -0.25) is 10.1 Å². The molecule has 2 rings (SSSR count). The molecule has 1 aromatic heterocycles. The van der Waals surface area contributed by atoms with Gasteiger partial charge in [0.2, 0.25) is 0 Å². The zero-order valence-electron chi connectivity index (χ0n) is 12.5. The van der Waals surface area contributed by atoms with Crippen molar-refractivity contribution in [2.75, 3.05) is 12.4 Å². The average Bonchev–Trinajstić information content (AvgIpc) is 2.78. The Bertz CT molecular complexity index is 667. The number of hydrogen-bond acceptors (Lipinski definition) is 5. The van der Waals surface area contributed by atoms with Crippen LogP contribution in [0.4, 0.5) is 11.4 Å². The third kappa shape index (κ3) is 3.33. The van der Waals surface area contributed by atoms with Gasteiger partial charge >= 0.3 is 0 Å². The molecule has 1 aromatic carbocycles. The van der Waals surface area contributed by atoms with Gasteiger partial charge in [0.1, 0.15) is 5.75 Å². The number of benzene rings is 1. The number of thiophene rings is 1. The van der Waals surface area contributed by atoms with Crippen molar-refractivity contribution in [3.63, 3.8) is 0 Å². The summed E-state index contributed by atoms with van der Waals surface area (Å²) in [6.45, 7) is 6.24. The van der Waals surface area contributed by atoms with Crippen molar-refractivity contribution in [1.29, 1.82) is 0 Å². The Morgan fingerprint density at radius 3 is 2.57 bits per heavy atom. The summed E-state index contributed by atoms with van der Waals surface area (Å²) < 4.78 is 5.24. The van der Waals surface area contributed by atoms with Crippen LogP contribution < -0.4 is 10.1 Å². The maximum Gasteiger partial charge on any atom is 0.273 e. The lowest BCUT2D eigenvalue weighted by Gasteiger charge is -2.17. The lowest BCUT2D eigenvalue weighted by atomic mass is 10.1. The molecule has 1 atom stereocenters. The second kappa shape index (κ2) is 6.13. The first kappa shape index (κ1) is 15.3. The lowest BCUT2D eigenvalue weighted by molar-refractivity contribution is -0.384. The van der Waals surface area contributed by atoms with Gasteiger partial charge in [0.15, 0.2) is 0 Å². The van der Waals surface area contributed by atoms with Crippen LogP contribution in [-0.2, 0) is 0 Å². The normalized spacial score (nSPS) is 12.0. The molecule has 1 heterocycles. The van der Waals surface area contributed by atoms with Crippen LogP contribution in [0, 0.1) is 24.0 Å². The maximum absolute atomic E-state index is 10.8. The molecule has 0 aliphatic heterocycles. The smallest absolute Gasteiger partial charge is 0.273 e. The van der Waals surface area contributed by atoms with Crippen LogP contribution in [0.15, 0.2) is 24.3 Å². The number of rotatable bonds is 5. The third-order valence-corrected chi connectivity index (χ3v) is 4.30. The van der Waals surface area contributed by atoms with Gasteiger partial charge in [0, 0.05) is 21.9 Å². The number of ether oxygens (including phenoxy) is 1. The van der Waals surface area contributed by atoms with E-state index in [0.717, 1.165) is 5.69 Å². The van der Waals surface area contributed by atoms with E-state index in [1.165, 1.54) is 34.6 Å². The fourth-order valence-corrected chi connectivity index (χ4v) is 3.33. The minimum Gasteiger partial charge on any atom is -0.494 e. The van der Waals surface area contributed by atoms with Gasteiger partial charge in [-0.15, -0.1) is 11.3 Å². The standard InChI is InChI=1S/C15H18N2O3S/c1-9-7-13(11(3)21-9)10(2)16-14-6-5-12(17(18)19)8-15(14)20-4/h5-8,10,16H,1-4H3. The van der Waals surface area contributed by atoms with E-state index >= 15 is 0 Å². The molecule has 0 saturated carbocycles. The summed E-state index contributed by atoms with van der Waals surface area (Å²) in [7, 11) is 1.51. The van der Waals surface area contributed by atoms with Gasteiger partial charge in [0.05, 0.1) is 23.8 Å². The summed E-state index contributed by atoms with van der Waals surface area (Å²) in [5.41, 5.74) is 2.00. The van der Waals surface area contributed by atoms with E-state index in [-0.39, 0.29) is 11.7 Å². The Kier molecular flexibility index (Phi) is 4.47. The summed E-state index contributed by atoms with van der Waals surface area (Å²) in [5.74, 6) is 0.473. The number of nitro benzene ring substituents is 1. The van der Waals surface area contributed by atoms with E-state index in [1.54, 1.807) is 17.4 Å². The molecule has 0 saturated heterocycles. The SMILES string of the molecule is COc1cc([N+](=O)[O-])ccc1NC(C)c1cc(C)sc1C. The molecule has 0 bridgehead atoms. The van der Waals surface area contributed by atoms with E-state index in [1.807, 2.05) is 0 Å². The number of anilines is 1. The number of nitro groups is 1. The van der Waals surface area contributed by atoms with Gasteiger partial charge < -0.3 is 10.1 Å². The van der Waals surface area contributed by atoms with Crippen LogP contribution in [0.3, 0.4) is 0 Å². The summed E-state index contributed by atoms with van der Waals surface area (Å²) >= 11 is 1.76. The molecule has 0 aliphatic rings. The van der Waals surface area contributed by atoms with Crippen molar-refractivity contribution in [2.24, 2.45) is 0 Å². The van der Waals surface area contributed by atoms with Crippen molar-refractivity contribution in [1.82, 2.24) is 0 Å². The minimum absolute atomic E-state index is 0.0209. The second-order valence-electron chi connectivity index (χ2n) is 4.88. The van der Waals surface area contributed by atoms with Gasteiger partial charge in [-0.2, -0.15) is 0 Å². The molecule has 112 valence electrons. The highest BCUT2D eigenvalue weighted by atomic mass is 32.1. The van der Waals surface area contributed by atoms with Crippen LogP contribution in [0.1, 0.15) is 28.3 Å². The van der Waals surface area contributed by atoms with Gasteiger partial charge in [-0.25, -0.2) is 0 Å². The summed E-state index contributed by atoms with van der Waals surface area (Å²) in [5, 5.41) is 14.2. The Balaban J connectivity index is 2.26. The van der Waals surface area contributed by atoms with Crippen molar-refractivity contribution < 1.29 is 9.66 Å². The van der Waals surface area contributed by atoms with Crippen LogP contribution in [0.5, 0.6) is 5.75 Å². The molecule has 0 fully saturated rings. The van der Waals surface area contributed by atoms with E-state index in [0.29, 0.717) is 5.75 Å². The molecule has 21 heavy (non-hydrogen) atoms. The van der Waals surface area contributed by atoms with E-state index in [9.17, 15) is 10.1 Å². The first-order valence-electron chi connectivity index (χ1n) is 6.58. The molecule has 0 aliphatic carbocycles. The average molecular weight is 306 g/mol. The Morgan fingerprint density at radius 2 is 2.05 bits per heavy atom. The summed E-state index contributed by atoms with van der Waals surface area (Å²) in [6, 6.07) is 6.85. The molecular weight excluding hydrogens is 288 g/mol. The molecule has 0 spiro atoms. The molecule has 0 radical (unpaired) electrons. The van der Waals surface area contributed by atoms with Crippen molar-refractivity contribution in [2.45, 2.75) is 26.8 Å². The highest BCUT2D eigenvalue weighted by molar-refractivity contribution is 7.12. The van der Waals surface area contributed by atoms with Crippen molar-refractivity contribution >= 4 is 22.7 Å². The molecular formula is C15H18N2O3S. The fraction of sp³-hybridized carbons (Fsp3) is 0.333. The molecule has 2 aromatic rings. The van der Waals surface area contributed by atoms with Crippen LogP contribution in [0.2, 0.25) is 0 Å². The van der Waals surface area contributed by atoms with Crippen LogP contribution in [-0.4, -0.2) is 12.0 Å². The van der Waals surface area contributed by atoms with Gasteiger partial charge in [-0.05, 0) is 38.5 Å². The zero-order chi connectivity index (χ0) is 15.6. The number of non-ortho nitro benzene ring substituents is 1. The van der Waals surface area contributed by atoms with Gasteiger partial charge in [-0.1, -0.05) is 0 Å². The molecule has 0 amide bonds. The molecule has 1 unspecified atom stereocenters. The lowest BCUT2D eigenvalue weighted by Crippen LogP contribution is -2.08. The summed E-state index contributed by atoms with van der Waals surface area (Å²) in [4.78, 5) is 12.9. The number of hydrogen-bond donors (Lipinski definition) is 1. The van der Waals surface area contributed by atoms with Crippen molar-refractivity contribution in [3.8, 4) is 5.75 Å². The first-order valence-corrected chi connectivity index (χ1v) is 7.40. The predicted octanol–water partition coefficient (Wildman–Crippen LogP) is 4.45. The largest absolute Gasteiger partial charge is 0.494 e. The van der Waals surface area contributed by atoms with Crippen LogP contribution >= 0.6 is 11.3 Å². The second-order valence-corrected chi connectivity index (χ2v) is 6.34. The fourth-order valence-electron chi connectivity index (χ4n) is 2.30. The topological polar surface area (TPSA) is 64.4 Å². The summed E-state index contributed by atoms with van der Waals surface area (Å²) in [6.07, 6.45) is 0.